The van der Waals surface area contributed by atoms with Gasteiger partial charge >= 0.3 is 6.09 Å². The molecule has 3 heterocycles. The number of nitrogens with zero attached hydrogens (tertiary/aromatic N) is 3. The average molecular weight is 456 g/mol. The molecule has 2 atom stereocenters. The number of ether oxygens (including phenoxy) is 1. The van der Waals surface area contributed by atoms with Crippen LogP contribution in [0.1, 0.15) is 60.7 Å². The first-order valence-corrected chi connectivity index (χ1v) is 12.2. The predicted octanol–water partition coefficient (Wildman–Crippen LogP) is 4.94. The number of rotatable bonds is 3. The van der Waals surface area contributed by atoms with E-state index < -0.39 is 5.60 Å². The number of carbonyl (C=O) groups is 1. The molecule has 2 aliphatic heterocycles. The van der Waals surface area contributed by atoms with Gasteiger partial charge in [-0.25, -0.2) is 14.8 Å². The maximum Gasteiger partial charge on any atom is 0.410 e. The van der Waals surface area contributed by atoms with Crippen LogP contribution in [0.5, 0.6) is 0 Å². The van der Waals surface area contributed by atoms with Gasteiger partial charge in [0, 0.05) is 42.7 Å². The number of fused-ring (bicyclic) bond motifs is 5. The van der Waals surface area contributed by atoms with Crippen LogP contribution < -0.4 is 0 Å². The fourth-order valence-electron chi connectivity index (χ4n) is 6.25. The van der Waals surface area contributed by atoms with Crippen LogP contribution >= 0.6 is 0 Å². The molecule has 0 spiro atoms. The number of hydrogen-bond acceptors (Lipinski definition) is 5. The van der Waals surface area contributed by atoms with Crippen molar-refractivity contribution < 1.29 is 14.6 Å². The van der Waals surface area contributed by atoms with Gasteiger partial charge < -0.3 is 14.7 Å². The Bertz CT molecular complexity index is 1180. The molecule has 1 amide bonds. The van der Waals surface area contributed by atoms with Gasteiger partial charge in [-0.15, -0.1) is 0 Å². The fourth-order valence-corrected chi connectivity index (χ4v) is 6.25. The average Bonchev–Trinajstić information content (AvgIpc) is 3.16. The van der Waals surface area contributed by atoms with Gasteiger partial charge in [-0.2, -0.15) is 0 Å². The number of piperidine rings is 2. The van der Waals surface area contributed by atoms with Crippen LogP contribution in [0.4, 0.5) is 4.79 Å². The summed E-state index contributed by atoms with van der Waals surface area (Å²) in [6.07, 6.45) is 5.07. The third-order valence-electron chi connectivity index (χ3n) is 7.77. The van der Waals surface area contributed by atoms with Crippen LogP contribution in [-0.4, -0.2) is 44.8 Å². The Labute approximate surface area is 199 Å². The second-order valence-electron chi connectivity index (χ2n) is 9.91. The number of aromatic nitrogens is 2. The van der Waals surface area contributed by atoms with E-state index in [-0.39, 0.29) is 24.1 Å². The number of carbonyl (C=O) groups excluding carboxylic acids is 1. The molecule has 2 saturated heterocycles. The smallest absolute Gasteiger partial charge is 0.410 e. The highest BCUT2D eigenvalue weighted by Gasteiger charge is 2.50. The van der Waals surface area contributed by atoms with Gasteiger partial charge in [0.1, 0.15) is 12.2 Å². The van der Waals surface area contributed by atoms with Crippen LogP contribution in [0.25, 0.3) is 11.1 Å². The van der Waals surface area contributed by atoms with Gasteiger partial charge in [0.25, 0.3) is 0 Å². The Balaban J connectivity index is 1.21. The second kappa shape index (κ2) is 8.20. The summed E-state index contributed by atoms with van der Waals surface area (Å²) < 4.78 is 5.98. The first-order valence-electron chi connectivity index (χ1n) is 12.2. The van der Waals surface area contributed by atoms with Crippen molar-refractivity contribution in [3.63, 3.8) is 0 Å². The topological polar surface area (TPSA) is 75.6 Å². The molecular formula is C28H29N3O3. The number of hydrogen-bond donors (Lipinski definition) is 1. The first-order chi connectivity index (χ1) is 16.5. The van der Waals surface area contributed by atoms with Crippen LogP contribution in [0.15, 0.2) is 60.8 Å². The van der Waals surface area contributed by atoms with Crippen LogP contribution in [-0.2, 0) is 10.3 Å². The summed E-state index contributed by atoms with van der Waals surface area (Å²) in [5.41, 5.74) is 4.58. The van der Waals surface area contributed by atoms with Gasteiger partial charge in [0.15, 0.2) is 5.82 Å². The summed E-state index contributed by atoms with van der Waals surface area (Å²) in [5, 5.41) is 11.5. The summed E-state index contributed by atoms with van der Waals surface area (Å²) in [6.45, 7) is 2.22. The van der Waals surface area contributed by atoms with Gasteiger partial charge in [0.2, 0.25) is 0 Å². The van der Waals surface area contributed by atoms with E-state index in [0.717, 1.165) is 25.0 Å². The zero-order valence-electron chi connectivity index (χ0n) is 19.4. The quantitative estimate of drug-likeness (QED) is 0.606. The molecule has 1 aliphatic carbocycles. The van der Waals surface area contributed by atoms with E-state index in [1.165, 1.54) is 22.3 Å². The number of aliphatic hydroxyl groups is 1. The molecule has 0 radical (unpaired) electrons. The fraction of sp³-hybridized carbons (Fsp3) is 0.393. The van der Waals surface area contributed by atoms with Crippen molar-refractivity contribution in [1.82, 2.24) is 14.9 Å². The lowest BCUT2D eigenvalue weighted by atomic mass is 9.75. The summed E-state index contributed by atoms with van der Waals surface area (Å²) in [7, 11) is 0. The molecule has 1 aromatic heterocycles. The molecule has 3 aliphatic rings. The Morgan fingerprint density at radius 3 is 2.26 bits per heavy atom. The Morgan fingerprint density at radius 2 is 1.65 bits per heavy atom. The SMILES string of the molecule is Cc1ccnc(C2(O)CC3CCCC(C2)N3C(=O)OCC2c3ccccc3-c3ccccc32)n1. The molecular weight excluding hydrogens is 426 g/mol. The van der Waals surface area contributed by atoms with Gasteiger partial charge in [-0.05, 0) is 54.5 Å². The summed E-state index contributed by atoms with van der Waals surface area (Å²) >= 11 is 0. The van der Waals surface area contributed by atoms with Crippen molar-refractivity contribution in [1.29, 1.82) is 0 Å². The third-order valence-corrected chi connectivity index (χ3v) is 7.77. The summed E-state index contributed by atoms with van der Waals surface area (Å²) in [4.78, 5) is 24.1. The van der Waals surface area contributed by atoms with E-state index in [1.54, 1.807) is 6.20 Å². The molecule has 2 aromatic carbocycles. The zero-order chi connectivity index (χ0) is 23.3. The van der Waals surface area contributed by atoms with Crippen LogP contribution in [0, 0.1) is 6.92 Å². The van der Waals surface area contributed by atoms with E-state index in [9.17, 15) is 9.90 Å². The molecule has 174 valence electrons. The first kappa shape index (κ1) is 21.3. The van der Waals surface area contributed by atoms with Gasteiger partial charge in [-0.1, -0.05) is 48.5 Å². The van der Waals surface area contributed by atoms with Crippen molar-refractivity contribution in [3.8, 4) is 11.1 Å². The minimum Gasteiger partial charge on any atom is -0.448 e. The van der Waals surface area contributed by atoms with E-state index >= 15 is 0 Å². The lowest BCUT2D eigenvalue weighted by Gasteiger charge is -2.50. The van der Waals surface area contributed by atoms with Gasteiger partial charge in [0.05, 0.1) is 0 Å². The molecule has 1 N–H and O–H groups in total. The van der Waals surface area contributed by atoms with Crippen molar-refractivity contribution >= 4 is 6.09 Å². The maximum atomic E-state index is 13.4. The molecule has 2 unspecified atom stereocenters. The highest BCUT2D eigenvalue weighted by atomic mass is 16.6. The lowest BCUT2D eigenvalue weighted by molar-refractivity contribution is -0.0937. The number of amides is 1. The second-order valence-corrected chi connectivity index (χ2v) is 9.91. The molecule has 34 heavy (non-hydrogen) atoms. The van der Waals surface area contributed by atoms with Gasteiger partial charge in [-0.3, -0.25) is 0 Å². The molecule has 3 aromatic rings. The van der Waals surface area contributed by atoms with E-state index in [1.807, 2.05) is 30.0 Å². The van der Waals surface area contributed by atoms with E-state index in [2.05, 4.69) is 46.4 Å². The molecule has 6 rings (SSSR count). The standard InChI is InChI=1S/C28H29N3O3/c1-18-13-14-29-26(30-18)28(33)15-19-7-6-8-20(16-28)31(19)27(32)34-17-25-23-11-4-2-9-21(23)22-10-3-5-12-24(22)25/h2-5,9-14,19-20,25,33H,6-8,15-17H2,1H3. The Kier molecular flexibility index (Phi) is 5.14. The minimum absolute atomic E-state index is 0.0404. The van der Waals surface area contributed by atoms with Crippen molar-refractivity contribution in [3.05, 3.63) is 83.4 Å². The molecule has 6 heteroatoms. The lowest BCUT2D eigenvalue weighted by Crippen LogP contribution is -2.59. The van der Waals surface area contributed by atoms with Crippen LogP contribution in [0.2, 0.25) is 0 Å². The zero-order valence-corrected chi connectivity index (χ0v) is 19.4. The molecule has 6 nitrogen and oxygen atoms in total. The monoisotopic (exact) mass is 455 g/mol. The molecule has 0 saturated carbocycles. The van der Waals surface area contributed by atoms with Crippen LogP contribution in [0.3, 0.4) is 0 Å². The third kappa shape index (κ3) is 3.48. The van der Waals surface area contributed by atoms with E-state index in [0.29, 0.717) is 25.3 Å². The number of benzene rings is 2. The highest BCUT2D eigenvalue weighted by molar-refractivity contribution is 5.79. The normalized spacial score (nSPS) is 25.5. The Hall–Kier alpha value is -3.25. The minimum atomic E-state index is -1.11. The molecule has 2 bridgehead atoms. The highest BCUT2D eigenvalue weighted by Crippen LogP contribution is 2.46. The number of aryl methyl sites for hydroxylation is 1. The van der Waals surface area contributed by atoms with Crippen molar-refractivity contribution in [2.75, 3.05) is 6.61 Å². The van der Waals surface area contributed by atoms with E-state index in [4.69, 9.17) is 4.74 Å². The van der Waals surface area contributed by atoms with Crippen molar-refractivity contribution in [2.45, 2.75) is 62.6 Å². The Morgan fingerprint density at radius 1 is 1.03 bits per heavy atom. The summed E-state index contributed by atoms with van der Waals surface area (Å²) in [6, 6.07) is 18.4. The maximum absolute atomic E-state index is 13.4. The summed E-state index contributed by atoms with van der Waals surface area (Å²) in [5.74, 6) is 0.509. The largest absolute Gasteiger partial charge is 0.448 e. The predicted molar refractivity (Wildman–Crippen MR) is 128 cm³/mol. The van der Waals surface area contributed by atoms with Crippen molar-refractivity contribution in [2.24, 2.45) is 0 Å². The molecule has 2 fully saturated rings.